The Morgan fingerprint density at radius 2 is 2.19 bits per heavy atom. The van der Waals surface area contributed by atoms with Gasteiger partial charge in [0.2, 0.25) is 0 Å². The van der Waals surface area contributed by atoms with Crippen molar-refractivity contribution in [3.63, 3.8) is 0 Å². The fourth-order valence-corrected chi connectivity index (χ4v) is 2.93. The molecular weight excluding hydrogens is 347 g/mol. The third-order valence-corrected chi connectivity index (χ3v) is 4.15. The monoisotopic (exact) mass is 372 g/mol. The first kappa shape index (κ1) is 19.1. The van der Waals surface area contributed by atoms with Gasteiger partial charge in [0.05, 0.1) is 6.61 Å². The van der Waals surface area contributed by atoms with E-state index >= 15 is 0 Å². The number of aromatic nitrogens is 1. The topological polar surface area (TPSA) is 67.8 Å². The number of halogens is 1. The fraction of sp³-hybridized carbons (Fsp3) is 0.400. The normalized spacial score (nSPS) is 13.6. The first-order valence-corrected chi connectivity index (χ1v) is 9.20. The number of guanidine groups is 1. The minimum atomic E-state index is -0.270. The van der Waals surface area contributed by atoms with E-state index in [-0.39, 0.29) is 12.6 Å². The molecule has 1 aliphatic heterocycles. The molecule has 3 rings (SSSR count). The zero-order valence-electron chi connectivity index (χ0n) is 15.5. The summed E-state index contributed by atoms with van der Waals surface area (Å²) in [5, 5.41) is 6.51. The van der Waals surface area contributed by atoms with Crippen molar-refractivity contribution < 1.29 is 13.9 Å². The number of benzene rings is 1. The Kier molecular flexibility index (Phi) is 6.98. The van der Waals surface area contributed by atoms with Gasteiger partial charge in [0.1, 0.15) is 11.6 Å². The second kappa shape index (κ2) is 9.87. The highest BCUT2D eigenvalue weighted by molar-refractivity contribution is 5.79. The third-order valence-electron chi connectivity index (χ3n) is 4.15. The SMILES string of the molecule is CCNC(=NCCc1ccccn1)NCCc1cc(F)cc2c1OCOC2. The Labute approximate surface area is 158 Å². The average Bonchev–Trinajstić information content (AvgIpc) is 2.68. The van der Waals surface area contributed by atoms with Crippen molar-refractivity contribution in [3.8, 4) is 5.75 Å². The summed E-state index contributed by atoms with van der Waals surface area (Å²) in [5.41, 5.74) is 2.61. The van der Waals surface area contributed by atoms with Crippen LogP contribution in [0, 0.1) is 5.82 Å². The smallest absolute Gasteiger partial charge is 0.191 e. The fourth-order valence-electron chi connectivity index (χ4n) is 2.93. The molecule has 0 amide bonds. The minimum absolute atomic E-state index is 0.205. The number of hydrogen-bond acceptors (Lipinski definition) is 4. The molecule has 0 unspecified atom stereocenters. The van der Waals surface area contributed by atoms with E-state index in [0.717, 1.165) is 41.5 Å². The maximum atomic E-state index is 13.8. The third kappa shape index (κ3) is 5.65. The Hall–Kier alpha value is -2.67. The highest BCUT2D eigenvalue weighted by atomic mass is 19.1. The molecule has 0 fully saturated rings. The van der Waals surface area contributed by atoms with Crippen LogP contribution in [0.2, 0.25) is 0 Å². The summed E-state index contributed by atoms with van der Waals surface area (Å²) in [4.78, 5) is 8.88. The van der Waals surface area contributed by atoms with Crippen LogP contribution in [0.25, 0.3) is 0 Å². The van der Waals surface area contributed by atoms with Crippen molar-refractivity contribution in [2.45, 2.75) is 26.4 Å². The lowest BCUT2D eigenvalue weighted by molar-refractivity contribution is -0.0172. The average molecular weight is 372 g/mol. The molecule has 0 bridgehead atoms. The maximum Gasteiger partial charge on any atom is 0.191 e. The van der Waals surface area contributed by atoms with E-state index < -0.39 is 0 Å². The van der Waals surface area contributed by atoms with Crippen LogP contribution in [0.15, 0.2) is 41.5 Å². The molecule has 1 aromatic heterocycles. The van der Waals surface area contributed by atoms with E-state index in [4.69, 9.17) is 9.47 Å². The van der Waals surface area contributed by atoms with Crippen LogP contribution in [0.4, 0.5) is 4.39 Å². The summed E-state index contributed by atoms with van der Waals surface area (Å²) in [6, 6.07) is 8.86. The van der Waals surface area contributed by atoms with Crippen molar-refractivity contribution in [2.24, 2.45) is 4.99 Å². The minimum Gasteiger partial charge on any atom is -0.467 e. The molecule has 0 saturated carbocycles. The van der Waals surface area contributed by atoms with E-state index in [1.807, 2.05) is 25.1 Å². The lowest BCUT2D eigenvalue weighted by Gasteiger charge is -2.21. The Balaban J connectivity index is 1.55. The maximum absolute atomic E-state index is 13.8. The molecule has 0 atom stereocenters. The predicted molar refractivity (Wildman–Crippen MR) is 102 cm³/mol. The molecule has 2 N–H and O–H groups in total. The Morgan fingerprint density at radius 1 is 1.26 bits per heavy atom. The number of aliphatic imine (C=N–C) groups is 1. The van der Waals surface area contributed by atoms with Crippen LogP contribution < -0.4 is 15.4 Å². The van der Waals surface area contributed by atoms with Gasteiger partial charge in [0.25, 0.3) is 0 Å². The lowest BCUT2D eigenvalue weighted by atomic mass is 10.1. The molecule has 0 spiro atoms. The van der Waals surface area contributed by atoms with Crippen LogP contribution in [0.1, 0.15) is 23.7 Å². The van der Waals surface area contributed by atoms with E-state index in [9.17, 15) is 4.39 Å². The summed E-state index contributed by atoms with van der Waals surface area (Å²) >= 11 is 0. The van der Waals surface area contributed by atoms with Gasteiger partial charge in [-0.25, -0.2) is 4.39 Å². The largest absolute Gasteiger partial charge is 0.467 e. The van der Waals surface area contributed by atoms with Crippen LogP contribution in [0.3, 0.4) is 0 Å². The summed E-state index contributed by atoms with van der Waals surface area (Å²) in [5.74, 6) is 1.21. The number of nitrogens with zero attached hydrogens (tertiary/aromatic N) is 2. The number of rotatable bonds is 7. The van der Waals surface area contributed by atoms with Gasteiger partial charge in [-0.2, -0.15) is 0 Å². The Bertz CT molecular complexity index is 768. The van der Waals surface area contributed by atoms with Crippen molar-refractivity contribution in [2.75, 3.05) is 26.4 Å². The molecule has 1 aliphatic rings. The van der Waals surface area contributed by atoms with Gasteiger partial charge in [0.15, 0.2) is 12.8 Å². The standard InChI is InChI=1S/C20H25FN4O2/c1-2-22-20(25-10-7-18-5-3-4-8-23-18)24-9-6-15-11-17(21)12-16-13-26-14-27-19(15)16/h3-5,8,11-12H,2,6-7,9-10,13-14H2,1H3,(H2,22,24,25). The Morgan fingerprint density at radius 3 is 3.00 bits per heavy atom. The van der Waals surface area contributed by atoms with Gasteiger partial charge in [0, 0.05) is 43.5 Å². The summed E-state index contributed by atoms with van der Waals surface area (Å²) in [6.07, 6.45) is 3.20. The van der Waals surface area contributed by atoms with Crippen molar-refractivity contribution in [1.29, 1.82) is 0 Å². The van der Waals surface area contributed by atoms with E-state index in [0.29, 0.717) is 26.1 Å². The number of hydrogen-bond donors (Lipinski definition) is 2. The quantitative estimate of drug-likeness (QED) is 0.577. The number of fused-ring (bicyclic) bond motifs is 1. The van der Waals surface area contributed by atoms with Gasteiger partial charge in [-0.1, -0.05) is 6.07 Å². The highest BCUT2D eigenvalue weighted by Crippen LogP contribution is 2.29. The van der Waals surface area contributed by atoms with Gasteiger partial charge >= 0.3 is 0 Å². The van der Waals surface area contributed by atoms with Crippen LogP contribution in [0.5, 0.6) is 5.75 Å². The van der Waals surface area contributed by atoms with Crippen molar-refractivity contribution >= 4 is 5.96 Å². The molecule has 2 heterocycles. The summed E-state index contributed by atoms with van der Waals surface area (Å²) in [7, 11) is 0. The first-order valence-electron chi connectivity index (χ1n) is 9.20. The number of pyridine rings is 1. The van der Waals surface area contributed by atoms with Crippen LogP contribution in [-0.2, 0) is 24.2 Å². The molecule has 0 saturated heterocycles. The predicted octanol–water partition coefficient (Wildman–Crippen LogP) is 2.43. The second-order valence-electron chi connectivity index (χ2n) is 6.17. The van der Waals surface area contributed by atoms with E-state index in [1.165, 1.54) is 12.1 Å². The summed E-state index contributed by atoms with van der Waals surface area (Å²) in [6.45, 7) is 4.64. The first-order chi connectivity index (χ1) is 13.3. The molecule has 7 heteroatoms. The van der Waals surface area contributed by atoms with Gasteiger partial charge in [-0.15, -0.1) is 0 Å². The van der Waals surface area contributed by atoms with Crippen molar-refractivity contribution in [3.05, 3.63) is 59.2 Å². The highest BCUT2D eigenvalue weighted by Gasteiger charge is 2.16. The number of ether oxygens (including phenoxy) is 2. The zero-order valence-corrected chi connectivity index (χ0v) is 15.5. The number of nitrogens with one attached hydrogen (secondary N) is 2. The molecule has 1 aromatic carbocycles. The van der Waals surface area contributed by atoms with Gasteiger partial charge < -0.3 is 20.1 Å². The second-order valence-corrected chi connectivity index (χ2v) is 6.17. The molecule has 0 radical (unpaired) electrons. The summed E-state index contributed by atoms with van der Waals surface area (Å²) < 4.78 is 24.6. The molecule has 0 aliphatic carbocycles. The van der Waals surface area contributed by atoms with E-state index in [1.54, 1.807) is 6.20 Å². The van der Waals surface area contributed by atoms with Crippen molar-refractivity contribution in [1.82, 2.24) is 15.6 Å². The van der Waals surface area contributed by atoms with Crippen LogP contribution >= 0.6 is 0 Å². The van der Waals surface area contributed by atoms with Gasteiger partial charge in [-0.3, -0.25) is 9.98 Å². The van der Waals surface area contributed by atoms with Gasteiger partial charge in [-0.05, 0) is 43.2 Å². The molecular formula is C20H25FN4O2. The molecule has 2 aromatic rings. The van der Waals surface area contributed by atoms with E-state index in [2.05, 4.69) is 20.6 Å². The molecule has 144 valence electrons. The lowest BCUT2D eigenvalue weighted by Crippen LogP contribution is -2.38. The molecule has 27 heavy (non-hydrogen) atoms. The molecule has 6 nitrogen and oxygen atoms in total. The zero-order chi connectivity index (χ0) is 18.9. The van der Waals surface area contributed by atoms with Crippen LogP contribution in [-0.4, -0.2) is 37.4 Å².